The molecule has 1 aromatic carbocycles. The summed E-state index contributed by atoms with van der Waals surface area (Å²) in [6.07, 6.45) is 4.73. The fourth-order valence-electron chi connectivity index (χ4n) is 2.92. The summed E-state index contributed by atoms with van der Waals surface area (Å²) >= 11 is 0. The average molecular weight is 246 g/mol. The Morgan fingerprint density at radius 2 is 1.78 bits per heavy atom. The first-order valence-corrected chi connectivity index (χ1v) is 7.02. The highest BCUT2D eigenvalue weighted by atomic mass is 15.2. The van der Waals surface area contributed by atoms with Gasteiger partial charge in [-0.05, 0) is 48.1 Å². The lowest BCUT2D eigenvalue weighted by Crippen LogP contribution is -2.41. The number of nitrogens with two attached hydrogens (primary N) is 1. The van der Waals surface area contributed by atoms with Gasteiger partial charge in [0.1, 0.15) is 0 Å². The van der Waals surface area contributed by atoms with Crippen LogP contribution >= 0.6 is 0 Å². The topological polar surface area (TPSA) is 38.0 Å². The second-order valence-corrected chi connectivity index (χ2v) is 6.81. The molecule has 2 rings (SSSR count). The minimum Gasteiger partial charge on any atom is -0.271 e. The zero-order chi connectivity index (χ0) is 13.2. The van der Waals surface area contributed by atoms with E-state index in [1.807, 2.05) is 0 Å². The second kappa shape index (κ2) is 5.41. The average Bonchev–Trinajstić information content (AvgIpc) is 2.71. The molecule has 3 N–H and O–H groups in total. The summed E-state index contributed by atoms with van der Waals surface area (Å²) in [7, 11) is 0. The summed E-state index contributed by atoms with van der Waals surface area (Å²) in [4.78, 5) is 0. The predicted octanol–water partition coefficient (Wildman–Crippen LogP) is 3.06. The SMILES string of the molecule is CC(C)(C)CCC(NN)C1Cc2ccccc2C1. The summed E-state index contributed by atoms with van der Waals surface area (Å²) in [6.45, 7) is 6.89. The molecular weight excluding hydrogens is 220 g/mol. The summed E-state index contributed by atoms with van der Waals surface area (Å²) in [6, 6.07) is 9.23. The smallest absolute Gasteiger partial charge is 0.0245 e. The van der Waals surface area contributed by atoms with Gasteiger partial charge in [-0.1, -0.05) is 45.0 Å². The van der Waals surface area contributed by atoms with E-state index >= 15 is 0 Å². The molecule has 18 heavy (non-hydrogen) atoms. The molecule has 0 radical (unpaired) electrons. The van der Waals surface area contributed by atoms with Gasteiger partial charge >= 0.3 is 0 Å². The molecule has 1 aromatic rings. The number of rotatable bonds is 4. The highest BCUT2D eigenvalue weighted by Gasteiger charge is 2.28. The highest BCUT2D eigenvalue weighted by molar-refractivity contribution is 5.32. The summed E-state index contributed by atoms with van der Waals surface area (Å²) < 4.78 is 0. The minimum absolute atomic E-state index is 0.389. The van der Waals surface area contributed by atoms with Crippen molar-refractivity contribution >= 4 is 0 Å². The fourth-order valence-corrected chi connectivity index (χ4v) is 2.92. The van der Waals surface area contributed by atoms with E-state index in [2.05, 4.69) is 50.5 Å². The van der Waals surface area contributed by atoms with Crippen molar-refractivity contribution in [3.8, 4) is 0 Å². The van der Waals surface area contributed by atoms with E-state index in [9.17, 15) is 0 Å². The Morgan fingerprint density at radius 1 is 1.22 bits per heavy atom. The Hall–Kier alpha value is -0.860. The molecule has 0 amide bonds. The Bertz CT molecular complexity index is 367. The van der Waals surface area contributed by atoms with E-state index in [1.54, 1.807) is 0 Å². The molecule has 1 unspecified atom stereocenters. The molecule has 1 aliphatic carbocycles. The van der Waals surface area contributed by atoms with E-state index in [4.69, 9.17) is 5.84 Å². The molecule has 1 atom stereocenters. The van der Waals surface area contributed by atoms with Crippen LogP contribution in [0, 0.1) is 11.3 Å². The van der Waals surface area contributed by atoms with E-state index in [0.717, 1.165) is 0 Å². The Labute approximate surface area is 111 Å². The maximum atomic E-state index is 5.77. The van der Waals surface area contributed by atoms with Crippen molar-refractivity contribution in [1.82, 2.24) is 5.43 Å². The molecule has 0 heterocycles. The molecule has 100 valence electrons. The molecule has 2 nitrogen and oxygen atoms in total. The molecular formula is C16H26N2. The van der Waals surface area contributed by atoms with Crippen LogP contribution in [-0.4, -0.2) is 6.04 Å². The van der Waals surface area contributed by atoms with Crippen molar-refractivity contribution in [2.75, 3.05) is 0 Å². The zero-order valence-electron chi connectivity index (χ0n) is 11.9. The van der Waals surface area contributed by atoms with Gasteiger partial charge < -0.3 is 0 Å². The van der Waals surface area contributed by atoms with Crippen LogP contribution in [0.15, 0.2) is 24.3 Å². The Balaban J connectivity index is 1.96. The molecule has 1 aliphatic rings. The number of benzene rings is 1. The van der Waals surface area contributed by atoms with E-state index in [-0.39, 0.29) is 0 Å². The van der Waals surface area contributed by atoms with Gasteiger partial charge in [-0.15, -0.1) is 0 Å². The first-order valence-electron chi connectivity index (χ1n) is 7.02. The minimum atomic E-state index is 0.389. The van der Waals surface area contributed by atoms with Gasteiger partial charge in [0.15, 0.2) is 0 Å². The molecule has 2 heteroatoms. The maximum Gasteiger partial charge on any atom is 0.0245 e. The lowest BCUT2D eigenvalue weighted by Gasteiger charge is -2.26. The van der Waals surface area contributed by atoms with Crippen LogP contribution in [0.2, 0.25) is 0 Å². The molecule has 0 saturated heterocycles. The van der Waals surface area contributed by atoms with Crippen LogP contribution in [0.4, 0.5) is 0 Å². The second-order valence-electron chi connectivity index (χ2n) is 6.81. The number of hydrogen-bond acceptors (Lipinski definition) is 2. The van der Waals surface area contributed by atoms with Crippen molar-refractivity contribution in [2.24, 2.45) is 17.2 Å². The van der Waals surface area contributed by atoms with Crippen LogP contribution in [0.3, 0.4) is 0 Å². The molecule has 0 fully saturated rings. The third-order valence-electron chi connectivity index (χ3n) is 4.07. The summed E-state index contributed by atoms with van der Waals surface area (Å²) in [5, 5.41) is 0. The van der Waals surface area contributed by atoms with Crippen molar-refractivity contribution < 1.29 is 0 Å². The first kappa shape index (κ1) is 13.6. The van der Waals surface area contributed by atoms with Crippen LogP contribution in [0.25, 0.3) is 0 Å². The largest absolute Gasteiger partial charge is 0.271 e. The van der Waals surface area contributed by atoms with E-state index < -0.39 is 0 Å². The molecule has 0 aliphatic heterocycles. The predicted molar refractivity (Wildman–Crippen MR) is 77.1 cm³/mol. The quantitative estimate of drug-likeness (QED) is 0.633. The molecule has 0 bridgehead atoms. The fraction of sp³-hybridized carbons (Fsp3) is 0.625. The van der Waals surface area contributed by atoms with E-state index in [1.165, 1.54) is 36.8 Å². The summed E-state index contributed by atoms with van der Waals surface area (Å²) in [5.74, 6) is 6.43. The number of nitrogens with one attached hydrogen (secondary N) is 1. The first-order chi connectivity index (χ1) is 8.49. The van der Waals surface area contributed by atoms with Gasteiger partial charge in [0.25, 0.3) is 0 Å². The molecule has 0 aromatic heterocycles. The van der Waals surface area contributed by atoms with Crippen molar-refractivity contribution in [2.45, 2.75) is 52.5 Å². The lowest BCUT2D eigenvalue weighted by atomic mass is 9.85. The van der Waals surface area contributed by atoms with Crippen LogP contribution in [-0.2, 0) is 12.8 Å². The van der Waals surface area contributed by atoms with Crippen LogP contribution in [0.1, 0.15) is 44.7 Å². The molecule has 0 saturated carbocycles. The third-order valence-corrected chi connectivity index (χ3v) is 4.07. The van der Waals surface area contributed by atoms with Gasteiger partial charge in [0.2, 0.25) is 0 Å². The maximum absolute atomic E-state index is 5.77. The normalized spacial score (nSPS) is 17.8. The van der Waals surface area contributed by atoms with Gasteiger partial charge in [-0.3, -0.25) is 11.3 Å². The van der Waals surface area contributed by atoms with Crippen molar-refractivity contribution in [3.05, 3.63) is 35.4 Å². The third kappa shape index (κ3) is 3.33. The zero-order valence-corrected chi connectivity index (χ0v) is 11.9. The van der Waals surface area contributed by atoms with Gasteiger partial charge in [-0.25, -0.2) is 0 Å². The monoisotopic (exact) mass is 246 g/mol. The van der Waals surface area contributed by atoms with Crippen LogP contribution < -0.4 is 11.3 Å². The standard InChI is InChI=1S/C16H26N2/c1-16(2,3)9-8-15(18-17)14-10-12-6-4-5-7-13(12)11-14/h4-7,14-15,18H,8-11,17H2,1-3H3. The highest BCUT2D eigenvalue weighted by Crippen LogP contribution is 2.31. The van der Waals surface area contributed by atoms with Crippen molar-refractivity contribution in [1.29, 1.82) is 0 Å². The van der Waals surface area contributed by atoms with Crippen molar-refractivity contribution in [3.63, 3.8) is 0 Å². The number of hydrazine groups is 1. The van der Waals surface area contributed by atoms with Gasteiger partial charge in [0.05, 0.1) is 0 Å². The Morgan fingerprint density at radius 3 is 2.22 bits per heavy atom. The van der Waals surface area contributed by atoms with E-state index in [0.29, 0.717) is 17.4 Å². The summed E-state index contributed by atoms with van der Waals surface area (Å²) in [5.41, 5.74) is 6.47. The van der Waals surface area contributed by atoms with Gasteiger partial charge in [0, 0.05) is 6.04 Å². The number of hydrogen-bond donors (Lipinski definition) is 2. The van der Waals surface area contributed by atoms with Crippen LogP contribution in [0.5, 0.6) is 0 Å². The molecule has 0 spiro atoms. The Kier molecular flexibility index (Phi) is 4.08. The van der Waals surface area contributed by atoms with Gasteiger partial charge in [-0.2, -0.15) is 0 Å². The number of fused-ring (bicyclic) bond motifs is 1. The lowest BCUT2D eigenvalue weighted by molar-refractivity contribution is 0.283.